The average molecular weight is 446 g/mol. The van der Waals surface area contributed by atoms with Crippen molar-refractivity contribution < 1.29 is 23.9 Å². The molecule has 0 saturated carbocycles. The fourth-order valence-corrected chi connectivity index (χ4v) is 3.08. The number of nitrogens with two attached hydrogens (primary N) is 1. The summed E-state index contributed by atoms with van der Waals surface area (Å²) in [7, 11) is 0. The quantitative estimate of drug-likeness (QED) is 0.328. The number of hydrogen-bond donors (Lipinski definition) is 2. The fourth-order valence-electron chi connectivity index (χ4n) is 2.83. The zero-order valence-corrected chi connectivity index (χ0v) is 18.1. The molecule has 1 aromatic heterocycles. The molecular weight excluding hydrogens is 422 g/mol. The number of nitrogens with zero attached hydrogens (tertiary/aromatic N) is 2. The highest BCUT2D eigenvalue weighted by atomic mass is 35.5. The molecule has 0 bridgehead atoms. The van der Waals surface area contributed by atoms with E-state index in [-0.39, 0.29) is 12.5 Å². The molecule has 3 aromatic rings. The number of hydrogen-bond acceptors (Lipinski definition) is 7. The van der Waals surface area contributed by atoms with E-state index in [1.165, 1.54) is 0 Å². The Morgan fingerprint density at radius 2 is 2.03 bits per heavy atom. The van der Waals surface area contributed by atoms with Crippen molar-refractivity contribution in [3.05, 3.63) is 41.4 Å². The fraction of sp³-hybridized carbons (Fsp3) is 0.318. The van der Waals surface area contributed by atoms with Crippen molar-refractivity contribution in [1.82, 2.24) is 10.1 Å². The van der Waals surface area contributed by atoms with Gasteiger partial charge in [0.15, 0.2) is 0 Å². The second-order valence-corrected chi connectivity index (χ2v) is 7.59. The van der Waals surface area contributed by atoms with Crippen LogP contribution >= 0.6 is 11.6 Å². The van der Waals surface area contributed by atoms with E-state index in [9.17, 15) is 4.79 Å². The minimum Gasteiger partial charge on any atom is -0.494 e. The first kappa shape index (κ1) is 22.4. The van der Waals surface area contributed by atoms with Gasteiger partial charge < -0.3 is 24.8 Å². The minimum absolute atomic E-state index is 0.0157. The Balaban J connectivity index is 1.68. The van der Waals surface area contributed by atoms with E-state index in [0.29, 0.717) is 64.5 Å². The van der Waals surface area contributed by atoms with Gasteiger partial charge in [-0.25, -0.2) is 0 Å². The van der Waals surface area contributed by atoms with Gasteiger partial charge in [-0.2, -0.15) is 4.98 Å². The molecule has 31 heavy (non-hydrogen) atoms. The van der Waals surface area contributed by atoms with E-state index < -0.39 is 5.97 Å². The molecule has 164 valence electrons. The van der Waals surface area contributed by atoms with Gasteiger partial charge >= 0.3 is 5.97 Å². The Bertz CT molecular complexity index is 1050. The van der Waals surface area contributed by atoms with Gasteiger partial charge in [0.05, 0.1) is 23.4 Å². The monoisotopic (exact) mass is 445 g/mol. The number of halogens is 1. The van der Waals surface area contributed by atoms with E-state index >= 15 is 0 Å². The molecular formula is C22H24ClN3O5. The third-order valence-electron chi connectivity index (χ3n) is 4.28. The van der Waals surface area contributed by atoms with Crippen LogP contribution in [0.5, 0.6) is 11.5 Å². The summed E-state index contributed by atoms with van der Waals surface area (Å²) in [6.07, 6.45) is 1.34. The number of anilines is 1. The summed E-state index contributed by atoms with van der Waals surface area (Å²) in [4.78, 5) is 14.9. The minimum atomic E-state index is -0.811. The van der Waals surface area contributed by atoms with Crippen LogP contribution in [0.25, 0.3) is 22.8 Å². The summed E-state index contributed by atoms with van der Waals surface area (Å²) in [5, 5.41) is 13.1. The Morgan fingerprint density at radius 3 is 2.71 bits per heavy atom. The molecule has 0 radical (unpaired) electrons. The van der Waals surface area contributed by atoms with Gasteiger partial charge in [-0.15, -0.1) is 0 Å². The third-order valence-corrected chi connectivity index (χ3v) is 4.59. The first-order valence-electron chi connectivity index (χ1n) is 9.88. The molecule has 9 heteroatoms. The molecule has 1 heterocycles. The largest absolute Gasteiger partial charge is 0.494 e. The first-order valence-corrected chi connectivity index (χ1v) is 10.3. The van der Waals surface area contributed by atoms with Crippen LogP contribution in [-0.4, -0.2) is 33.9 Å². The predicted molar refractivity (Wildman–Crippen MR) is 117 cm³/mol. The van der Waals surface area contributed by atoms with Gasteiger partial charge in [0.2, 0.25) is 5.82 Å². The summed E-state index contributed by atoms with van der Waals surface area (Å²) in [6, 6.07) is 10.5. The second-order valence-electron chi connectivity index (χ2n) is 7.18. The number of carboxylic acids is 1. The van der Waals surface area contributed by atoms with Gasteiger partial charge in [0, 0.05) is 17.5 Å². The van der Waals surface area contributed by atoms with Crippen LogP contribution in [0, 0.1) is 0 Å². The van der Waals surface area contributed by atoms with Gasteiger partial charge in [0.1, 0.15) is 11.5 Å². The van der Waals surface area contributed by atoms with Crippen molar-refractivity contribution in [1.29, 1.82) is 0 Å². The molecule has 0 aliphatic rings. The van der Waals surface area contributed by atoms with Crippen LogP contribution in [0.3, 0.4) is 0 Å². The van der Waals surface area contributed by atoms with Crippen LogP contribution < -0.4 is 15.2 Å². The Morgan fingerprint density at radius 1 is 1.23 bits per heavy atom. The molecule has 3 N–H and O–H groups in total. The maximum absolute atomic E-state index is 10.5. The predicted octanol–water partition coefficient (Wildman–Crippen LogP) is 5.06. The Labute approximate surface area is 184 Å². The van der Waals surface area contributed by atoms with Crippen LogP contribution in [0.2, 0.25) is 5.02 Å². The number of carboxylic acid groups (broad SMARTS) is 1. The molecule has 2 aromatic carbocycles. The smallest absolute Gasteiger partial charge is 0.303 e. The second kappa shape index (κ2) is 10.2. The number of aliphatic carboxylic acids is 1. The highest BCUT2D eigenvalue weighted by Gasteiger charge is 2.15. The van der Waals surface area contributed by atoms with Gasteiger partial charge in [-0.3, -0.25) is 4.79 Å². The first-order chi connectivity index (χ1) is 14.8. The number of benzene rings is 2. The Hall–Kier alpha value is -3.26. The number of unbranched alkanes of at least 4 members (excludes halogenated alkanes) is 1. The molecule has 0 saturated heterocycles. The molecule has 0 atom stereocenters. The molecule has 0 fully saturated rings. The zero-order chi connectivity index (χ0) is 22.4. The van der Waals surface area contributed by atoms with Crippen molar-refractivity contribution in [2.75, 3.05) is 12.3 Å². The van der Waals surface area contributed by atoms with Gasteiger partial charge in [-0.1, -0.05) is 16.8 Å². The Kier molecular flexibility index (Phi) is 7.36. The number of ether oxygens (including phenoxy) is 2. The summed E-state index contributed by atoms with van der Waals surface area (Å²) >= 11 is 6.38. The van der Waals surface area contributed by atoms with Crippen molar-refractivity contribution in [3.63, 3.8) is 0 Å². The summed E-state index contributed by atoms with van der Waals surface area (Å²) in [5.41, 5.74) is 7.81. The lowest BCUT2D eigenvalue weighted by Crippen LogP contribution is -2.07. The molecule has 0 unspecified atom stereocenters. The molecule has 0 aliphatic heterocycles. The lowest BCUT2D eigenvalue weighted by atomic mass is 10.1. The van der Waals surface area contributed by atoms with E-state index in [0.717, 1.165) is 0 Å². The number of rotatable bonds is 10. The SMILES string of the molecule is CC(C)Oc1ccc(-c2nc(-c3ccc(OCCCCC(=O)O)cc3Cl)no2)cc1N. The van der Waals surface area contributed by atoms with Crippen LogP contribution in [0.15, 0.2) is 40.9 Å². The van der Waals surface area contributed by atoms with Crippen molar-refractivity contribution >= 4 is 23.3 Å². The maximum Gasteiger partial charge on any atom is 0.303 e. The van der Waals surface area contributed by atoms with E-state index in [1.54, 1.807) is 36.4 Å². The van der Waals surface area contributed by atoms with Crippen molar-refractivity contribution in [3.8, 4) is 34.3 Å². The summed E-state index contributed by atoms with van der Waals surface area (Å²) in [6.45, 7) is 4.27. The van der Waals surface area contributed by atoms with Gasteiger partial charge in [0.25, 0.3) is 5.89 Å². The topological polar surface area (TPSA) is 121 Å². The highest BCUT2D eigenvalue weighted by Crippen LogP contribution is 2.33. The average Bonchev–Trinajstić information content (AvgIpc) is 3.18. The van der Waals surface area contributed by atoms with E-state index in [2.05, 4.69) is 10.1 Å². The molecule has 0 aliphatic carbocycles. The summed E-state index contributed by atoms with van der Waals surface area (Å²) in [5.74, 6) is 1.03. The standard InChI is InChI=1S/C22H24ClN3O5/c1-13(2)30-19-9-6-14(11-18(19)24)22-25-21(26-31-22)16-8-7-15(12-17(16)23)29-10-4-3-5-20(27)28/h6-9,11-13H,3-5,10,24H2,1-2H3,(H,27,28). The normalized spacial score (nSPS) is 11.0. The molecule has 0 amide bonds. The number of carbonyl (C=O) groups is 1. The molecule has 0 spiro atoms. The van der Waals surface area contributed by atoms with E-state index in [4.69, 9.17) is 36.4 Å². The third kappa shape index (κ3) is 6.11. The zero-order valence-electron chi connectivity index (χ0n) is 17.3. The van der Waals surface area contributed by atoms with Crippen LogP contribution in [-0.2, 0) is 4.79 Å². The number of aromatic nitrogens is 2. The molecule has 3 rings (SSSR count). The maximum atomic E-state index is 10.5. The lowest BCUT2D eigenvalue weighted by molar-refractivity contribution is -0.137. The highest BCUT2D eigenvalue weighted by molar-refractivity contribution is 6.33. The summed E-state index contributed by atoms with van der Waals surface area (Å²) < 4.78 is 16.6. The van der Waals surface area contributed by atoms with Crippen LogP contribution in [0.4, 0.5) is 5.69 Å². The molecule has 8 nitrogen and oxygen atoms in total. The van der Waals surface area contributed by atoms with Crippen LogP contribution in [0.1, 0.15) is 33.1 Å². The number of nitrogen functional groups attached to an aromatic ring is 1. The van der Waals surface area contributed by atoms with Crippen molar-refractivity contribution in [2.24, 2.45) is 0 Å². The lowest BCUT2D eigenvalue weighted by Gasteiger charge is -2.12. The van der Waals surface area contributed by atoms with Gasteiger partial charge in [-0.05, 0) is 63.1 Å². The van der Waals surface area contributed by atoms with E-state index in [1.807, 2.05) is 13.8 Å². The van der Waals surface area contributed by atoms with Crippen molar-refractivity contribution in [2.45, 2.75) is 39.2 Å².